The maximum Gasteiger partial charge on any atom is 0.118 e. The molecule has 8 aromatic carbocycles. The molecule has 0 saturated carbocycles. The Morgan fingerprint density at radius 1 is 0.379 bits per heavy atom. The molecule has 2 unspecified atom stereocenters. The van der Waals surface area contributed by atoms with Gasteiger partial charge in [-0.2, -0.15) is 0 Å². The van der Waals surface area contributed by atoms with E-state index in [1.807, 2.05) is 24.3 Å². The normalized spacial score (nSPS) is 14.3. The maximum absolute atomic E-state index is 6.48. The Morgan fingerprint density at radius 3 is 0.985 bits per heavy atom. The van der Waals surface area contributed by atoms with Crippen LogP contribution in [0.2, 0.25) is 0 Å². The van der Waals surface area contributed by atoms with Gasteiger partial charge in [0.25, 0.3) is 0 Å². The minimum Gasteiger partial charge on any atom is -0.497 e. The first-order valence-corrected chi connectivity index (χ1v) is 22.7. The molecule has 0 spiro atoms. The molecule has 0 heterocycles. The summed E-state index contributed by atoms with van der Waals surface area (Å²) in [5, 5.41) is 2.35. The van der Waals surface area contributed by atoms with E-state index in [2.05, 4.69) is 165 Å². The van der Waals surface area contributed by atoms with Crippen molar-refractivity contribution in [1.82, 2.24) is 0 Å². The number of anilines is 2. The minimum absolute atomic E-state index is 0.0269. The summed E-state index contributed by atoms with van der Waals surface area (Å²) in [6.45, 7) is 17.1. The lowest BCUT2D eigenvalue weighted by Gasteiger charge is -2.23. The molecule has 4 N–H and O–H groups in total. The number of ether oxygens (including phenoxy) is 2. The van der Waals surface area contributed by atoms with E-state index in [9.17, 15) is 0 Å². The van der Waals surface area contributed by atoms with Crippen molar-refractivity contribution < 1.29 is 9.47 Å². The fourth-order valence-electron chi connectivity index (χ4n) is 10.2. The summed E-state index contributed by atoms with van der Waals surface area (Å²) in [7, 11) is 3.41. The summed E-state index contributed by atoms with van der Waals surface area (Å²) in [4.78, 5) is 11.3. The molecule has 9 rings (SSSR count). The molecule has 6 heteroatoms. The Bertz CT molecular complexity index is 2960. The number of benzene rings is 8. The van der Waals surface area contributed by atoms with Crippen LogP contribution in [-0.2, 0) is 0 Å². The van der Waals surface area contributed by atoms with Gasteiger partial charge in [0, 0.05) is 39.7 Å². The molecule has 0 bridgehead atoms. The third-order valence-corrected chi connectivity index (χ3v) is 13.6. The van der Waals surface area contributed by atoms with E-state index in [4.69, 9.17) is 30.9 Å². The second-order valence-corrected chi connectivity index (χ2v) is 18.2. The molecule has 330 valence electrons. The Hall–Kier alpha value is -7.44. The van der Waals surface area contributed by atoms with Gasteiger partial charge in [0.05, 0.1) is 37.0 Å². The topological polar surface area (TPSA) is 95.2 Å². The lowest BCUT2D eigenvalue weighted by molar-refractivity contribution is 0.414. The van der Waals surface area contributed by atoms with Crippen LogP contribution in [0.1, 0.15) is 101 Å². The standard InChI is InChI=1S/C60H58N4O2/c1-33-25-44(26-34(2)55(33)61)52(42-17-21-48(65-9)22-18-42)46-29-37(5)57(38(6)30-46)63-59-50-15-11-13-41-14-12-16-51(54(41)50)60(59)64-58-39(7)31-47(32-40(58)8)53(43-19-23-49(66-10)24-20-43)45-27-35(3)56(62)36(4)28-45/h11-32,52-53H,61-62H2,1-10H3. The number of nitrogen functional groups attached to an aromatic ring is 2. The van der Waals surface area contributed by atoms with Gasteiger partial charge in [0.15, 0.2) is 0 Å². The van der Waals surface area contributed by atoms with E-state index >= 15 is 0 Å². The van der Waals surface area contributed by atoms with E-state index < -0.39 is 0 Å². The quantitative estimate of drug-likeness (QED) is 0.106. The van der Waals surface area contributed by atoms with Crippen molar-refractivity contribution in [2.45, 2.75) is 67.2 Å². The molecule has 0 aliphatic heterocycles. The van der Waals surface area contributed by atoms with Crippen LogP contribution in [0.4, 0.5) is 22.7 Å². The van der Waals surface area contributed by atoms with Crippen LogP contribution in [0, 0.1) is 55.4 Å². The molecule has 0 saturated heterocycles. The number of aryl methyl sites for hydroxylation is 8. The molecule has 2 atom stereocenters. The number of aliphatic imine (C=N–C) groups is 2. The highest BCUT2D eigenvalue weighted by Gasteiger charge is 2.29. The van der Waals surface area contributed by atoms with Gasteiger partial charge in [-0.25, -0.2) is 9.98 Å². The molecule has 0 aromatic heterocycles. The van der Waals surface area contributed by atoms with Gasteiger partial charge in [-0.15, -0.1) is 0 Å². The zero-order chi connectivity index (χ0) is 46.6. The zero-order valence-electron chi connectivity index (χ0n) is 39.7. The van der Waals surface area contributed by atoms with Gasteiger partial charge in [0.2, 0.25) is 0 Å². The highest BCUT2D eigenvalue weighted by molar-refractivity contribution is 6.61. The average molecular weight is 867 g/mol. The summed E-state index contributed by atoms with van der Waals surface area (Å²) >= 11 is 0. The average Bonchev–Trinajstić information content (AvgIpc) is 3.60. The van der Waals surface area contributed by atoms with Crippen molar-refractivity contribution in [2.75, 3.05) is 25.7 Å². The number of nitrogens with zero attached hydrogens (tertiary/aromatic N) is 2. The second-order valence-electron chi connectivity index (χ2n) is 18.2. The summed E-state index contributed by atoms with van der Waals surface area (Å²) in [5.41, 5.74) is 36.3. The fraction of sp³-hybridized carbons (Fsp3) is 0.200. The lowest BCUT2D eigenvalue weighted by atomic mass is 9.82. The van der Waals surface area contributed by atoms with Crippen molar-refractivity contribution in [3.05, 3.63) is 222 Å². The lowest BCUT2D eigenvalue weighted by Crippen LogP contribution is -2.11. The predicted molar refractivity (Wildman–Crippen MR) is 277 cm³/mol. The van der Waals surface area contributed by atoms with Crippen LogP contribution < -0.4 is 20.9 Å². The Morgan fingerprint density at radius 2 is 0.682 bits per heavy atom. The number of methoxy groups -OCH3 is 2. The van der Waals surface area contributed by atoms with Gasteiger partial charge >= 0.3 is 0 Å². The van der Waals surface area contributed by atoms with Crippen molar-refractivity contribution in [3.63, 3.8) is 0 Å². The van der Waals surface area contributed by atoms with Gasteiger partial charge in [-0.05, 0) is 163 Å². The van der Waals surface area contributed by atoms with Gasteiger partial charge in [-0.3, -0.25) is 0 Å². The first kappa shape index (κ1) is 43.8. The second kappa shape index (κ2) is 17.5. The van der Waals surface area contributed by atoms with Crippen molar-refractivity contribution in [1.29, 1.82) is 0 Å². The van der Waals surface area contributed by atoms with Gasteiger partial charge in [0.1, 0.15) is 11.5 Å². The van der Waals surface area contributed by atoms with Crippen LogP contribution in [0.15, 0.2) is 143 Å². The minimum atomic E-state index is -0.0269. The maximum atomic E-state index is 6.48. The molecular weight excluding hydrogens is 809 g/mol. The molecule has 66 heavy (non-hydrogen) atoms. The first-order valence-electron chi connectivity index (χ1n) is 22.7. The molecule has 0 fully saturated rings. The van der Waals surface area contributed by atoms with Crippen molar-refractivity contribution in [2.24, 2.45) is 9.98 Å². The van der Waals surface area contributed by atoms with E-state index in [-0.39, 0.29) is 11.8 Å². The number of hydrogen-bond acceptors (Lipinski definition) is 6. The third-order valence-electron chi connectivity index (χ3n) is 13.6. The van der Waals surface area contributed by atoms with Crippen LogP contribution in [0.3, 0.4) is 0 Å². The van der Waals surface area contributed by atoms with E-state index in [0.29, 0.717) is 0 Å². The third kappa shape index (κ3) is 7.91. The van der Waals surface area contributed by atoms with Crippen LogP contribution in [0.5, 0.6) is 11.5 Å². The SMILES string of the molecule is COc1ccc(C(c2cc(C)c(N)c(C)c2)c2cc(C)c(N=C3C(=Nc4c(C)cc(C(c5ccc(OC)cc5)c5cc(C)c(N)c(C)c5)cc4C)c4cccc5cccc3c45)c(C)c2)cc1. The predicted octanol–water partition coefficient (Wildman–Crippen LogP) is 14.1. The van der Waals surface area contributed by atoms with Gasteiger partial charge < -0.3 is 20.9 Å². The molecule has 6 nitrogen and oxygen atoms in total. The monoisotopic (exact) mass is 866 g/mol. The number of nitrogens with two attached hydrogens (primary N) is 2. The van der Waals surface area contributed by atoms with Crippen LogP contribution >= 0.6 is 0 Å². The Balaban J connectivity index is 1.18. The molecular formula is C60H58N4O2. The summed E-state index contributed by atoms with van der Waals surface area (Å²) in [6, 6.07) is 47.9. The Kier molecular flexibility index (Phi) is 11.6. The van der Waals surface area contributed by atoms with E-state index in [1.165, 1.54) is 44.2 Å². The van der Waals surface area contributed by atoms with Crippen molar-refractivity contribution in [3.8, 4) is 11.5 Å². The number of hydrogen-bond donors (Lipinski definition) is 2. The summed E-state index contributed by atoms with van der Waals surface area (Å²) < 4.78 is 11.1. The first-order chi connectivity index (χ1) is 31.7. The smallest absolute Gasteiger partial charge is 0.118 e. The Labute approximate surface area is 389 Å². The molecule has 1 aliphatic rings. The fourth-order valence-corrected chi connectivity index (χ4v) is 10.2. The highest BCUT2D eigenvalue weighted by atomic mass is 16.5. The summed E-state index contributed by atoms with van der Waals surface area (Å²) in [5.74, 6) is 1.60. The zero-order valence-corrected chi connectivity index (χ0v) is 39.7. The molecule has 8 aromatic rings. The van der Waals surface area contributed by atoms with E-state index in [1.54, 1.807) is 14.2 Å². The summed E-state index contributed by atoms with van der Waals surface area (Å²) in [6.07, 6.45) is 0. The molecule has 0 amide bonds. The van der Waals surface area contributed by atoms with Crippen molar-refractivity contribution >= 4 is 44.9 Å². The molecule has 1 aliphatic carbocycles. The van der Waals surface area contributed by atoms with Gasteiger partial charge in [-0.1, -0.05) is 109 Å². The van der Waals surface area contributed by atoms with E-state index in [0.717, 1.165) is 101 Å². The largest absolute Gasteiger partial charge is 0.497 e. The van der Waals surface area contributed by atoms with Crippen LogP contribution in [-0.4, -0.2) is 25.6 Å². The van der Waals surface area contributed by atoms with Crippen LogP contribution in [0.25, 0.3) is 10.8 Å². The highest BCUT2D eigenvalue weighted by Crippen LogP contribution is 2.42. The number of rotatable bonds is 10. The molecule has 0 radical (unpaired) electrons.